The van der Waals surface area contributed by atoms with E-state index in [0.717, 1.165) is 12.0 Å². The Hall–Kier alpha value is -1.50. The highest BCUT2D eigenvalue weighted by molar-refractivity contribution is 5.77. The van der Waals surface area contributed by atoms with Crippen molar-refractivity contribution in [1.82, 2.24) is 0 Å². The number of rotatable bonds is 4. The minimum atomic E-state index is 0.983. The number of unbranched alkanes of at least 4 members (excludes halogenated alkanes) is 1. The zero-order chi connectivity index (χ0) is 10.5. The first-order valence-corrected chi connectivity index (χ1v) is 5.51. The summed E-state index contributed by atoms with van der Waals surface area (Å²) >= 11 is 0. The Bertz CT molecular complexity index is 451. The van der Waals surface area contributed by atoms with Crippen molar-refractivity contribution >= 4 is 11.0 Å². The monoisotopic (exact) mass is 200 g/mol. The molecular weight excluding hydrogens is 184 g/mol. The molecule has 1 aromatic heterocycles. The van der Waals surface area contributed by atoms with E-state index in [-0.39, 0.29) is 0 Å². The van der Waals surface area contributed by atoms with Crippen LogP contribution in [0.4, 0.5) is 0 Å². The molecule has 0 atom stereocenters. The van der Waals surface area contributed by atoms with E-state index in [1.807, 2.05) is 6.07 Å². The number of furan rings is 1. The van der Waals surface area contributed by atoms with Gasteiger partial charge in [-0.05, 0) is 30.5 Å². The van der Waals surface area contributed by atoms with Crippen molar-refractivity contribution in [1.29, 1.82) is 0 Å². The minimum Gasteiger partial charge on any atom is -0.464 e. The van der Waals surface area contributed by atoms with E-state index in [1.54, 1.807) is 6.26 Å². The van der Waals surface area contributed by atoms with Gasteiger partial charge >= 0.3 is 0 Å². The summed E-state index contributed by atoms with van der Waals surface area (Å²) in [6, 6.07) is 8.38. The molecule has 0 aliphatic heterocycles. The average Bonchev–Trinajstić information content (AvgIpc) is 2.71. The summed E-state index contributed by atoms with van der Waals surface area (Å²) in [7, 11) is 0. The maximum absolute atomic E-state index is 5.36. The van der Waals surface area contributed by atoms with Crippen LogP contribution in [0, 0.1) is 0 Å². The van der Waals surface area contributed by atoms with Crippen molar-refractivity contribution in [3.63, 3.8) is 0 Å². The first-order valence-electron chi connectivity index (χ1n) is 5.51. The molecular formula is C14H16O. The molecule has 78 valence electrons. The summed E-state index contributed by atoms with van der Waals surface area (Å²) in [6.07, 6.45) is 9.59. The van der Waals surface area contributed by atoms with Crippen LogP contribution in [-0.2, 0) is 6.42 Å². The van der Waals surface area contributed by atoms with E-state index in [9.17, 15) is 0 Å². The quantitative estimate of drug-likeness (QED) is 0.669. The van der Waals surface area contributed by atoms with Crippen LogP contribution in [0.3, 0.4) is 0 Å². The zero-order valence-electron chi connectivity index (χ0n) is 9.07. The Kier molecular flexibility index (Phi) is 3.23. The maximum Gasteiger partial charge on any atom is 0.134 e. The maximum atomic E-state index is 5.36. The van der Waals surface area contributed by atoms with E-state index in [0.29, 0.717) is 0 Å². The molecule has 1 heteroatoms. The summed E-state index contributed by atoms with van der Waals surface area (Å²) < 4.78 is 5.36. The van der Waals surface area contributed by atoms with Gasteiger partial charge in [0.25, 0.3) is 0 Å². The molecule has 0 saturated heterocycles. The van der Waals surface area contributed by atoms with E-state index in [2.05, 4.69) is 37.3 Å². The molecule has 0 amide bonds. The van der Waals surface area contributed by atoms with E-state index in [1.165, 1.54) is 23.8 Å². The number of hydrogen-bond acceptors (Lipinski definition) is 1. The van der Waals surface area contributed by atoms with Crippen molar-refractivity contribution in [2.75, 3.05) is 0 Å². The summed E-state index contributed by atoms with van der Waals surface area (Å²) in [4.78, 5) is 0. The fraction of sp³-hybridized carbons (Fsp3) is 0.286. The van der Waals surface area contributed by atoms with Crippen LogP contribution < -0.4 is 0 Å². The third-order valence-corrected chi connectivity index (χ3v) is 2.50. The second-order valence-corrected chi connectivity index (χ2v) is 3.76. The highest BCUT2D eigenvalue weighted by Gasteiger charge is 1.96. The molecule has 1 nitrogen and oxygen atoms in total. The second kappa shape index (κ2) is 4.83. The first kappa shape index (κ1) is 10.0. The molecule has 0 fully saturated rings. The lowest BCUT2D eigenvalue weighted by Gasteiger charge is -1.96. The average molecular weight is 200 g/mol. The van der Waals surface area contributed by atoms with Crippen LogP contribution in [-0.4, -0.2) is 0 Å². The molecule has 0 N–H and O–H groups in total. The summed E-state index contributed by atoms with van der Waals surface area (Å²) in [6.45, 7) is 2.19. The van der Waals surface area contributed by atoms with Gasteiger partial charge in [0.15, 0.2) is 0 Å². The predicted molar refractivity (Wildman–Crippen MR) is 64.0 cm³/mol. The van der Waals surface area contributed by atoms with Crippen LogP contribution in [0.1, 0.15) is 25.3 Å². The largest absolute Gasteiger partial charge is 0.464 e. The van der Waals surface area contributed by atoms with E-state index < -0.39 is 0 Å². The Morgan fingerprint density at radius 3 is 3.00 bits per heavy atom. The second-order valence-electron chi connectivity index (χ2n) is 3.76. The molecule has 0 bridgehead atoms. The van der Waals surface area contributed by atoms with Crippen molar-refractivity contribution in [2.45, 2.75) is 26.2 Å². The number of hydrogen-bond donors (Lipinski definition) is 0. The van der Waals surface area contributed by atoms with Gasteiger partial charge in [-0.1, -0.05) is 37.6 Å². The predicted octanol–water partition coefficient (Wildman–Crippen LogP) is 4.33. The Morgan fingerprint density at radius 2 is 2.13 bits per heavy atom. The van der Waals surface area contributed by atoms with Gasteiger partial charge in [0, 0.05) is 5.39 Å². The van der Waals surface area contributed by atoms with Crippen LogP contribution in [0.5, 0.6) is 0 Å². The highest BCUT2D eigenvalue weighted by Crippen LogP contribution is 2.17. The van der Waals surface area contributed by atoms with Crippen molar-refractivity contribution in [3.05, 3.63) is 48.2 Å². The standard InChI is InChI=1S/C14H16O/c1-2-3-4-5-6-12-7-8-13-9-10-15-14(13)11-12/h4-5,7-11H,2-3,6H2,1H3. The Labute approximate surface area is 90.4 Å². The third kappa shape index (κ3) is 2.50. The lowest BCUT2D eigenvalue weighted by atomic mass is 10.1. The topological polar surface area (TPSA) is 13.1 Å². The van der Waals surface area contributed by atoms with Crippen molar-refractivity contribution < 1.29 is 4.42 Å². The van der Waals surface area contributed by atoms with Crippen LogP contribution >= 0.6 is 0 Å². The summed E-state index contributed by atoms with van der Waals surface area (Å²) in [5.41, 5.74) is 2.29. The molecule has 0 aliphatic rings. The Balaban J connectivity index is 2.08. The van der Waals surface area contributed by atoms with Crippen molar-refractivity contribution in [2.24, 2.45) is 0 Å². The fourth-order valence-corrected chi connectivity index (χ4v) is 1.63. The van der Waals surface area contributed by atoms with Crippen LogP contribution in [0.25, 0.3) is 11.0 Å². The molecule has 0 radical (unpaired) electrons. The van der Waals surface area contributed by atoms with Crippen LogP contribution in [0.15, 0.2) is 47.1 Å². The first-order chi connectivity index (χ1) is 7.40. The Morgan fingerprint density at radius 1 is 1.20 bits per heavy atom. The van der Waals surface area contributed by atoms with Gasteiger partial charge in [0.1, 0.15) is 5.58 Å². The van der Waals surface area contributed by atoms with Gasteiger partial charge in [0.2, 0.25) is 0 Å². The molecule has 0 spiro atoms. The SMILES string of the molecule is CCCC=CCc1ccc2ccoc2c1. The molecule has 0 unspecified atom stereocenters. The number of fused-ring (bicyclic) bond motifs is 1. The zero-order valence-corrected chi connectivity index (χ0v) is 9.07. The van der Waals surface area contributed by atoms with Gasteiger partial charge in [0.05, 0.1) is 6.26 Å². The lowest BCUT2D eigenvalue weighted by Crippen LogP contribution is -1.79. The molecule has 1 heterocycles. The minimum absolute atomic E-state index is 0.983. The van der Waals surface area contributed by atoms with Gasteiger partial charge in [-0.25, -0.2) is 0 Å². The lowest BCUT2D eigenvalue weighted by molar-refractivity contribution is 0.615. The molecule has 2 aromatic rings. The summed E-state index contributed by atoms with van der Waals surface area (Å²) in [5.74, 6) is 0. The number of benzene rings is 1. The molecule has 15 heavy (non-hydrogen) atoms. The molecule has 1 aromatic carbocycles. The third-order valence-electron chi connectivity index (χ3n) is 2.50. The molecule has 2 rings (SSSR count). The van der Waals surface area contributed by atoms with Crippen LogP contribution in [0.2, 0.25) is 0 Å². The van der Waals surface area contributed by atoms with Gasteiger partial charge < -0.3 is 4.42 Å². The normalized spacial score (nSPS) is 11.5. The van der Waals surface area contributed by atoms with E-state index in [4.69, 9.17) is 4.42 Å². The highest BCUT2D eigenvalue weighted by atomic mass is 16.3. The number of allylic oxidation sites excluding steroid dienone is 2. The van der Waals surface area contributed by atoms with Gasteiger partial charge in [-0.15, -0.1) is 0 Å². The van der Waals surface area contributed by atoms with Gasteiger partial charge in [-0.3, -0.25) is 0 Å². The molecule has 0 aliphatic carbocycles. The fourth-order valence-electron chi connectivity index (χ4n) is 1.63. The van der Waals surface area contributed by atoms with Gasteiger partial charge in [-0.2, -0.15) is 0 Å². The summed E-state index contributed by atoms with van der Waals surface area (Å²) in [5, 5.41) is 1.18. The smallest absolute Gasteiger partial charge is 0.134 e. The molecule has 0 saturated carbocycles. The van der Waals surface area contributed by atoms with Crippen molar-refractivity contribution in [3.8, 4) is 0 Å². The van der Waals surface area contributed by atoms with E-state index >= 15 is 0 Å².